The minimum Gasteiger partial charge on any atom is -0.309 e. The van der Waals surface area contributed by atoms with Crippen LogP contribution in [0.15, 0.2) is 186 Å². The Morgan fingerprint density at radius 3 is 1.42 bits per heavy atom. The summed E-state index contributed by atoms with van der Waals surface area (Å²) in [5.74, 6) is 0. The van der Waals surface area contributed by atoms with E-state index in [0.717, 1.165) is 10.2 Å². The van der Waals surface area contributed by atoms with Gasteiger partial charge >= 0.3 is 0 Å². The number of hydrogen-bond acceptors (Lipinski definition) is 0. The van der Waals surface area contributed by atoms with E-state index in [-0.39, 0.29) is 0 Å². The molecule has 0 saturated carbocycles. The largest absolute Gasteiger partial charge is 0.309 e. The smallest absolute Gasteiger partial charge is 0.0541 e. The lowest BCUT2D eigenvalue weighted by Crippen LogP contribution is -1.94. The Bertz CT molecular complexity index is 2900. The van der Waals surface area contributed by atoms with Gasteiger partial charge in [0.05, 0.1) is 11.0 Å². The summed E-state index contributed by atoms with van der Waals surface area (Å²) < 4.78 is 3.47. The summed E-state index contributed by atoms with van der Waals surface area (Å²) in [4.78, 5) is 0. The molecule has 0 saturated heterocycles. The van der Waals surface area contributed by atoms with Crippen LogP contribution in [0.25, 0.3) is 93.2 Å². The summed E-state index contributed by atoms with van der Waals surface area (Å²) in [5.41, 5.74) is 10.8. The maximum atomic E-state index is 3.76. The van der Waals surface area contributed by atoms with Crippen molar-refractivity contribution < 1.29 is 0 Å². The Morgan fingerprint density at radius 2 is 0.740 bits per heavy atom. The molecule has 0 unspecified atom stereocenters. The summed E-state index contributed by atoms with van der Waals surface area (Å²) >= 11 is 3.76. The molecule has 2 heteroatoms. The van der Waals surface area contributed by atoms with Crippen LogP contribution in [0.2, 0.25) is 0 Å². The van der Waals surface area contributed by atoms with Gasteiger partial charge in [0.1, 0.15) is 0 Å². The predicted octanol–water partition coefficient (Wildman–Crippen LogP) is 14.0. The lowest BCUT2D eigenvalue weighted by atomic mass is 9.91. The number of rotatable bonds is 4. The van der Waals surface area contributed by atoms with Crippen LogP contribution in [-0.2, 0) is 0 Å². The van der Waals surface area contributed by atoms with E-state index in [0.29, 0.717) is 0 Å². The highest BCUT2D eigenvalue weighted by molar-refractivity contribution is 9.10. The number of benzene rings is 9. The van der Waals surface area contributed by atoms with Crippen molar-refractivity contribution in [2.45, 2.75) is 0 Å². The van der Waals surface area contributed by atoms with Crippen molar-refractivity contribution in [3.8, 4) is 39.1 Å². The highest BCUT2D eigenvalue weighted by Crippen LogP contribution is 2.40. The zero-order chi connectivity index (χ0) is 33.2. The van der Waals surface area contributed by atoms with Gasteiger partial charge in [0, 0.05) is 20.9 Å². The van der Waals surface area contributed by atoms with Gasteiger partial charge < -0.3 is 4.57 Å². The fourth-order valence-electron chi connectivity index (χ4n) is 7.87. The molecule has 50 heavy (non-hydrogen) atoms. The maximum absolute atomic E-state index is 3.76. The molecular formula is C48H30BrN. The molecular weight excluding hydrogens is 670 g/mol. The number of fused-ring (bicyclic) bond motifs is 9. The first-order valence-electron chi connectivity index (χ1n) is 17.0. The highest BCUT2D eigenvalue weighted by Gasteiger charge is 2.15. The van der Waals surface area contributed by atoms with E-state index in [1.54, 1.807) is 0 Å². The molecule has 0 N–H and O–H groups in total. The fourth-order valence-corrected chi connectivity index (χ4v) is 8.24. The molecule has 9 aromatic carbocycles. The predicted molar refractivity (Wildman–Crippen MR) is 217 cm³/mol. The molecule has 10 aromatic rings. The molecule has 10 rings (SSSR count). The molecule has 0 aliphatic carbocycles. The van der Waals surface area contributed by atoms with Crippen molar-refractivity contribution in [2.75, 3.05) is 0 Å². The average Bonchev–Trinajstić information content (AvgIpc) is 3.51. The molecule has 1 heterocycles. The number of halogens is 1. The van der Waals surface area contributed by atoms with Crippen LogP contribution in [0.1, 0.15) is 0 Å². The van der Waals surface area contributed by atoms with Crippen molar-refractivity contribution in [3.63, 3.8) is 0 Å². The van der Waals surface area contributed by atoms with Crippen molar-refractivity contribution in [2.24, 2.45) is 0 Å². The van der Waals surface area contributed by atoms with Gasteiger partial charge in [-0.3, -0.25) is 0 Å². The monoisotopic (exact) mass is 699 g/mol. The van der Waals surface area contributed by atoms with Gasteiger partial charge in [-0.25, -0.2) is 0 Å². The highest BCUT2D eigenvalue weighted by atomic mass is 79.9. The molecule has 234 valence electrons. The van der Waals surface area contributed by atoms with E-state index in [1.165, 1.54) is 87.5 Å². The minimum atomic E-state index is 1.08. The van der Waals surface area contributed by atoms with Crippen molar-refractivity contribution in [1.82, 2.24) is 4.57 Å². The van der Waals surface area contributed by atoms with Gasteiger partial charge in [-0.1, -0.05) is 143 Å². The summed E-state index contributed by atoms with van der Waals surface area (Å²) in [6.07, 6.45) is 0. The molecule has 0 aliphatic heterocycles. The molecule has 1 aromatic heterocycles. The number of hydrogen-bond donors (Lipinski definition) is 0. The van der Waals surface area contributed by atoms with Crippen LogP contribution in [0, 0.1) is 0 Å². The van der Waals surface area contributed by atoms with Gasteiger partial charge in [-0.05, 0) is 120 Å². The third kappa shape index (κ3) is 4.68. The Morgan fingerprint density at radius 1 is 0.280 bits per heavy atom. The lowest BCUT2D eigenvalue weighted by molar-refractivity contribution is 1.18. The van der Waals surface area contributed by atoms with Crippen LogP contribution in [0.5, 0.6) is 0 Å². The van der Waals surface area contributed by atoms with Crippen LogP contribution >= 0.6 is 15.9 Å². The van der Waals surface area contributed by atoms with Gasteiger partial charge in [-0.2, -0.15) is 0 Å². The van der Waals surface area contributed by atoms with Crippen molar-refractivity contribution in [3.05, 3.63) is 186 Å². The second-order valence-corrected chi connectivity index (χ2v) is 14.0. The van der Waals surface area contributed by atoms with Crippen molar-refractivity contribution in [1.29, 1.82) is 0 Å². The maximum Gasteiger partial charge on any atom is 0.0541 e. The second kappa shape index (κ2) is 11.6. The Balaban J connectivity index is 1.11. The normalized spacial score (nSPS) is 11.7. The zero-order valence-electron chi connectivity index (χ0n) is 27.1. The first-order valence-corrected chi connectivity index (χ1v) is 17.8. The Hall–Kier alpha value is -5.96. The van der Waals surface area contributed by atoms with Crippen LogP contribution in [-0.4, -0.2) is 4.57 Å². The van der Waals surface area contributed by atoms with Crippen LogP contribution < -0.4 is 0 Å². The van der Waals surface area contributed by atoms with Gasteiger partial charge in [0.25, 0.3) is 0 Å². The van der Waals surface area contributed by atoms with E-state index in [4.69, 9.17) is 0 Å². The molecule has 0 atom stereocenters. The molecule has 0 spiro atoms. The van der Waals surface area contributed by atoms with Crippen molar-refractivity contribution >= 4 is 70.1 Å². The SMILES string of the molecule is Brc1ccc2c(c1)c1cc(-c3cccc(-c4ccc5c6ccccc6c6ccccc6c5c4)c3)ccc1n2-c1cccc(-c2ccccc2)c1. The summed E-state index contributed by atoms with van der Waals surface area (Å²) in [6, 6.07) is 66.5. The molecule has 1 nitrogen and oxygen atoms in total. The lowest BCUT2D eigenvalue weighted by Gasteiger charge is -2.13. The Kier molecular flexibility index (Phi) is 6.72. The van der Waals surface area contributed by atoms with Gasteiger partial charge in [-0.15, -0.1) is 0 Å². The summed E-state index contributed by atoms with van der Waals surface area (Å²) in [5, 5.41) is 10.2. The standard InChI is InChI=1S/C48H30BrN/c49-37-22-25-48-46(30-37)45-29-36(21-24-47(45)50(48)38-15-9-14-34(27-38)31-10-2-1-3-11-31)33-13-8-12-32(26-33)35-20-23-43-41-18-5-4-16-39(41)40-17-6-7-19-42(40)44(43)28-35/h1-30H. The zero-order valence-corrected chi connectivity index (χ0v) is 28.7. The van der Waals surface area contributed by atoms with E-state index < -0.39 is 0 Å². The molecule has 0 fully saturated rings. The minimum absolute atomic E-state index is 1.08. The average molecular weight is 701 g/mol. The quantitative estimate of drug-likeness (QED) is 0.161. The van der Waals surface area contributed by atoms with Crippen LogP contribution in [0.3, 0.4) is 0 Å². The number of aromatic nitrogens is 1. The van der Waals surface area contributed by atoms with E-state index in [2.05, 4.69) is 202 Å². The van der Waals surface area contributed by atoms with Crippen LogP contribution in [0.4, 0.5) is 0 Å². The van der Waals surface area contributed by atoms with Gasteiger partial charge in [0.15, 0.2) is 0 Å². The number of nitrogens with zero attached hydrogens (tertiary/aromatic N) is 1. The fraction of sp³-hybridized carbons (Fsp3) is 0. The van der Waals surface area contributed by atoms with Gasteiger partial charge in [0.2, 0.25) is 0 Å². The molecule has 0 bridgehead atoms. The third-order valence-electron chi connectivity index (χ3n) is 10.2. The first-order chi connectivity index (χ1) is 24.7. The van der Waals surface area contributed by atoms with E-state index >= 15 is 0 Å². The second-order valence-electron chi connectivity index (χ2n) is 13.1. The summed E-state index contributed by atoms with van der Waals surface area (Å²) in [6.45, 7) is 0. The van der Waals surface area contributed by atoms with E-state index in [1.807, 2.05) is 0 Å². The Labute approximate surface area is 298 Å². The topological polar surface area (TPSA) is 4.93 Å². The molecule has 0 radical (unpaired) electrons. The summed E-state index contributed by atoms with van der Waals surface area (Å²) in [7, 11) is 0. The third-order valence-corrected chi connectivity index (χ3v) is 10.7. The molecule has 0 aliphatic rings. The molecule has 0 amide bonds. The first kappa shape index (κ1) is 29.0. The van der Waals surface area contributed by atoms with E-state index in [9.17, 15) is 0 Å².